The average molecular weight is 372 g/mol. The maximum atomic E-state index is 12.4. The zero-order chi connectivity index (χ0) is 17.8. The fourth-order valence-electron chi connectivity index (χ4n) is 2.35. The van der Waals surface area contributed by atoms with Crippen LogP contribution in [0.4, 0.5) is 5.69 Å². The molecule has 5 heteroatoms. The minimum absolute atomic E-state index is 0.142. The predicted molar refractivity (Wildman–Crippen MR) is 104 cm³/mol. The zero-order valence-electron chi connectivity index (χ0n) is 14.0. The zero-order valence-corrected chi connectivity index (χ0v) is 15.6. The molecule has 0 bridgehead atoms. The molecule has 0 fully saturated rings. The van der Waals surface area contributed by atoms with Crippen LogP contribution >= 0.6 is 22.9 Å². The number of halogens is 1. The summed E-state index contributed by atoms with van der Waals surface area (Å²) in [6.07, 6.45) is 0. The first-order valence-corrected chi connectivity index (χ1v) is 9.11. The van der Waals surface area contributed by atoms with Gasteiger partial charge >= 0.3 is 0 Å². The molecule has 1 N–H and O–H groups in total. The Bertz CT molecular complexity index is 904. The van der Waals surface area contributed by atoms with Crippen LogP contribution in [-0.2, 0) is 6.61 Å². The van der Waals surface area contributed by atoms with Crippen LogP contribution in [0.15, 0.2) is 53.9 Å². The molecule has 0 aliphatic carbocycles. The molecule has 1 aromatic heterocycles. The van der Waals surface area contributed by atoms with Crippen molar-refractivity contribution in [2.45, 2.75) is 20.5 Å². The molecule has 3 rings (SSSR count). The summed E-state index contributed by atoms with van der Waals surface area (Å²) in [7, 11) is 0. The number of carbonyl (C=O) groups is 1. The van der Waals surface area contributed by atoms with Crippen molar-refractivity contribution in [1.29, 1.82) is 0 Å². The van der Waals surface area contributed by atoms with Gasteiger partial charge in [-0.3, -0.25) is 4.79 Å². The summed E-state index contributed by atoms with van der Waals surface area (Å²) in [4.78, 5) is 13.1. The second-order valence-electron chi connectivity index (χ2n) is 5.84. The van der Waals surface area contributed by atoms with Crippen molar-refractivity contribution < 1.29 is 9.53 Å². The molecule has 0 aliphatic rings. The van der Waals surface area contributed by atoms with Crippen molar-refractivity contribution in [1.82, 2.24) is 0 Å². The van der Waals surface area contributed by atoms with Crippen molar-refractivity contribution in [3.8, 4) is 5.75 Å². The lowest BCUT2D eigenvalue weighted by molar-refractivity contribution is 0.103. The van der Waals surface area contributed by atoms with Crippen LogP contribution in [-0.4, -0.2) is 5.91 Å². The molecule has 2 aromatic carbocycles. The van der Waals surface area contributed by atoms with Gasteiger partial charge in [-0.25, -0.2) is 0 Å². The van der Waals surface area contributed by atoms with Gasteiger partial charge in [-0.05, 0) is 60.7 Å². The standard InChI is InChI=1S/C20H18ClNO2S/c1-13-4-3-5-17(8-13)24-11-15-9-19(25-12-15)20(23)22-18-10-16(21)7-6-14(18)2/h3-10,12H,11H2,1-2H3,(H,22,23). The number of thiophene rings is 1. The number of rotatable bonds is 5. The van der Waals surface area contributed by atoms with Crippen LogP contribution in [0.3, 0.4) is 0 Å². The van der Waals surface area contributed by atoms with Gasteiger partial charge in [0.2, 0.25) is 0 Å². The maximum Gasteiger partial charge on any atom is 0.265 e. The molecule has 0 spiro atoms. The van der Waals surface area contributed by atoms with Gasteiger partial charge in [-0.15, -0.1) is 11.3 Å². The van der Waals surface area contributed by atoms with E-state index in [9.17, 15) is 4.79 Å². The number of amides is 1. The summed E-state index contributed by atoms with van der Waals surface area (Å²) in [5, 5.41) is 5.44. The summed E-state index contributed by atoms with van der Waals surface area (Å²) in [6.45, 7) is 4.39. The molecule has 0 unspecified atom stereocenters. The van der Waals surface area contributed by atoms with Crippen LogP contribution in [0.2, 0.25) is 5.02 Å². The Kier molecular flexibility index (Phi) is 5.41. The van der Waals surface area contributed by atoms with E-state index in [1.807, 2.05) is 55.6 Å². The molecule has 3 aromatic rings. The summed E-state index contributed by atoms with van der Waals surface area (Å²) >= 11 is 7.40. The fraction of sp³-hybridized carbons (Fsp3) is 0.150. The Morgan fingerprint density at radius 3 is 2.80 bits per heavy atom. The molecule has 0 atom stereocenters. The van der Waals surface area contributed by atoms with Gasteiger partial charge in [0.15, 0.2) is 0 Å². The molecule has 25 heavy (non-hydrogen) atoms. The van der Waals surface area contributed by atoms with E-state index >= 15 is 0 Å². The SMILES string of the molecule is Cc1cccc(OCc2csc(C(=O)Nc3cc(Cl)ccc3C)c2)c1. The average Bonchev–Trinajstić information content (AvgIpc) is 3.05. The van der Waals surface area contributed by atoms with Crippen molar-refractivity contribution in [2.24, 2.45) is 0 Å². The van der Waals surface area contributed by atoms with Crippen molar-refractivity contribution in [3.05, 3.63) is 80.5 Å². The predicted octanol–water partition coefficient (Wildman–Crippen LogP) is 5.85. The Morgan fingerprint density at radius 1 is 1.16 bits per heavy atom. The van der Waals surface area contributed by atoms with Gasteiger partial charge in [0.05, 0.1) is 4.88 Å². The summed E-state index contributed by atoms with van der Waals surface area (Å²) in [5.41, 5.74) is 3.82. The van der Waals surface area contributed by atoms with Crippen molar-refractivity contribution in [2.75, 3.05) is 5.32 Å². The minimum Gasteiger partial charge on any atom is -0.489 e. The van der Waals surface area contributed by atoms with Gasteiger partial charge in [0, 0.05) is 16.3 Å². The number of carbonyl (C=O) groups excluding carboxylic acids is 1. The topological polar surface area (TPSA) is 38.3 Å². The lowest BCUT2D eigenvalue weighted by Gasteiger charge is -2.07. The van der Waals surface area contributed by atoms with E-state index in [4.69, 9.17) is 16.3 Å². The summed E-state index contributed by atoms with van der Waals surface area (Å²) < 4.78 is 5.78. The molecule has 1 amide bonds. The van der Waals surface area contributed by atoms with E-state index in [1.165, 1.54) is 11.3 Å². The highest BCUT2D eigenvalue weighted by Crippen LogP contribution is 2.23. The van der Waals surface area contributed by atoms with Crippen molar-refractivity contribution in [3.63, 3.8) is 0 Å². The number of benzene rings is 2. The third-order valence-electron chi connectivity index (χ3n) is 3.72. The van der Waals surface area contributed by atoms with Crippen LogP contribution in [0.25, 0.3) is 0 Å². The van der Waals surface area contributed by atoms with Crippen molar-refractivity contribution >= 4 is 34.5 Å². The van der Waals surface area contributed by atoms with Crippen LogP contribution in [0.1, 0.15) is 26.4 Å². The lowest BCUT2D eigenvalue weighted by Crippen LogP contribution is -2.11. The first-order chi connectivity index (χ1) is 12.0. The van der Waals surface area contributed by atoms with Gasteiger partial charge < -0.3 is 10.1 Å². The van der Waals surface area contributed by atoms with Gasteiger partial charge in [-0.2, -0.15) is 0 Å². The molecule has 0 aliphatic heterocycles. The first kappa shape index (κ1) is 17.5. The molecule has 0 saturated heterocycles. The third-order valence-corrected chi connectivity index (χ3v) is 4.93. The minimum atomic E-state index is -0.142. The highest BCUT2D eigenvalue weighted by molar-refractivity contribution is 7.12. The molecule has 3 nitrogen and oxygen atoms in total. The Hall–Kier alpha value is -2.30. The Balaban J connectivity index is 1.64. The van der Waals surface area contributed by atoms with E-state index in [0.717, 1.165) is 28.1 Å². The smallest absolute Gasteiger partial charge is 0.265 e. The molecule has 128 valence electrons. The lowest BCUT2D eigenvalue weighted by atomic mass is 10.2. The van der Waals surface area contributed by atoms with E-state index in [1.54, 1.807) is 12.1 Å². The molecular weight excluding hydrogens is 354 g/mol. The van der Waals surface area contributed by atoms with Gasteiger partial charge in [0.25, 0.3) is 5.91 Å². The second kappa shape index (κ2) is 7.72. The van der Waals surface area contributed by atoms with Gasteiger partial charge in [0.1, 0.15) is 12.4 Å². The number of aryl methyl sites for hydroxylation is 2. The largest absolute Gasteiger partial charge is 0.489 e. The number of nitrogens with one attached hydrogen (secondary N) is 1. The maximum absolute atomic E-state index is 12.4. The number of hydrogen-bond donors (Lipinski definition) is 1. The number of hydrogen-bond acceptors (Lipinski definition) is 3. The Morgan fingerprint density at radius 2 is 2.00 bits per heavy atom. The fourth-order valence-corrected chi connectivity index (χ4v) is 3.32. The molecular formula is C20H18ClNO2S. The quantitative estimate of drug-likeness (QED) is 0.610. The monoisotopic (exact) mass is 371 g/mol. The highest BCUT2D eigenvalue weighted by atomic mass is 35.5. The number of ether oxygens (including phenoxy) is 1. The van der Waals surface area contributed by atoms with E-state index < -0.39 is 0 Å². The van der Waals surface area contributed by atoms with E-state index in [-0.39, 0.29) is 5.91 Å². The first-order valence-electron chi connectivity index (χ1n) is 7.85. The normalized spacial score (nSPS) is 10.5. The highest BCUT2D eigenvalue weighted by Gasteiger charge is 2.11. The van der Waals surface area contributed by atoms with Gasteiger partial charge in [-0.1, -0.05) is 29.8 Å². The van der Waals surface area contributed by atoms with Crippen LogP contribution in [0, 0.1) is 13.8 Å². The molecule has 1 heterocycles. The van der Waals surface area contributed by atoms with E-state index in [0.29, 0.717) is 16.5 Å². The third kappa shape index (κ3) is 4.62. The molecule has 0 radical (unpaired) electrons. The van der Waals surface area contributed by atoms with Crippen LogP contribution in [0.5, 0.6) is 5.75 Å². The summed E-state index contributed by atoms with van der Waals surface area (Å²) in [5.74, 6) is 0.684. The summed E-state index contributed by atoms with van der Waals surface area (Å²) in [6, 6.07) is 15.2. The Labute approximate surface area is 156 Å². The number of anilines is 1. The van der Waals surface area contributed by atoms with Crippen LogP contribution < -0.4 is 10.1 Å². The second-order valence-corrected chi connectivity index (χ2v) is 7.19. The van der Waals surface area contributed by atoms with E-state index in [2.05, 4.69) is 5.32 Å². The molecule has 0 saturated carbocycles.